The molecule has 0 radical (unpaired) electrons. The number of piperidine rings is 1. The van der Waals surface area contributed by atoms with E-state index in [-0.39, 0.29) is 0 Å². The first-order valence-corrected chi connectivity index (χ1v) is 7.09. The van der Waals surface area contributed by atoms with Gasteiger partial charge in [0.25, 0.3) is 0 Å². The molecule has 1 aromatic carbocycles. The second-order valence-corrected chi connectivity index (χ2v) is 5.93. The zero-order valence-corrected chi connectivity index (χ0v) is 12.1. The number of rotatable bonds is 2. The number of para-hydroxylation sites is 1. The molecule has 0 bridgehead atoms. The van der Waals surface area contributed by atoms with Crippen molar-refractivity contribution in [3.05, 3.63) is 28.2 Å². The van der Waals surface area contributed by atoms with Crippen LogP contribution in [0.4, 0.5) is 0 Å². The molecule has 2 atom stereocenters. The second kappa shape index (κ2) is 5.40. The van der Waals surface area contributed by atoms with Gasteiger partial charge in [-0.25, -0.2) is 0 Å². The van der Waals surface area contributed by atoms with Gasteiger partial charge in [0.2, 0.25) is 0 Å². The lowest BCUT2D eigenvalue weighted by Gasteiger charge is -2.38. The Morgan fingerprint density at radius 1 is 1.41 bits per heavy atom. The molecule has 0 saturated carbocycles. The van der Waals surface area contributed by atoms with Crippen LogP contribution in [0.3, 0.4) is 0 Å². The number of benzene rings is 1. The van der Waals surface area contributed by atoms with Gasteiger partial charge in [-0.2, -0.15) is 0 Å². The highest BCUT2D eigenvalue weighted by atomic mass is 79.9. The highest BCUT2D eigenvalue weighted by Gasteiger charge is 2.25. The summed E-state index contributed by atoms with van der Waals surface area (Å²) in [5.41, 5.74) is 1.01. The van der Waals surface area contributed by atoms with Crippen LogP contribution in [0.1, 0.15) is 32.3 Å². The molecule has 2 nitrogen and oxygen atoms in total. The molecule has 3 heteroatoms. The van der Waals surface area contributed by atoms with Gasteiger partial charge in [-0.1, -0.05) is 19.1 Å². The van der Waals surface area contributed by atoms with E-state index in [4.69, 9.17) is 0 Å². The fourth-order valence-corrected chi connectivity index (χ4v) is 2.96. The van der Waals surface area contributed by atoms with Gasteiger partial charge in [0.05, 0.1) is 4.47 Å². The van der Waals surface area contributed by atoms with E-state index < -0.39 is 0 Å². The lowest BCUT2D eigenvalue weighted by atomic mass is 9.91. The molecule has 1 N–H and O–H groups in total. The van der Waals surface area contributed by atoms with Crippen LogP contribution < -0.4 is 0 Å². The normalized spacial score (nSPS) is 26.1. The first-order chi connectivity index (χ1) is 8.09. The van der Waals surface area contributed by atoms with Crippen LogP contribution in [-0.2, 0) is 6.54 Å². The molecular formula is C14H20BrNO. The third-order valence-electron chi connectivity index (χ3n) is 3.95. The Labute approximate surface area is 112 Å². The summed E-state index contributed by atoms with van der Waals surface area (Å²) in [5, 5.41) is 10.0. The molecule has 1 saturated heterocycles. The summed E-state index contributed by atoms with van der Waals surface area (Å²) in [4.78, 5) is 2.47. The Morgan fingerprint density at radius 3 is 2.94 bits per heavy atom. The van der Waals surface area contributed by atoms with Crippen LogP contribution in [0.2, 0.25) is 0 Å². The fraction of sp³-hybridized carbons (Fsp3) is 0.571. The van der Waals surface area contributed by atoms with Crippen LogP contribution in [0, 0.1) is 5.92 Å². The van der Waals surface area contributed by atoms with Gasteiger partial charge in [-0.05, 0) is 54.2 Å². The van der Waals surface area contributed by atoms with Gasteiger partial charge in [-0.15, -0.1) is 0 Å². The molecule has 1 aliphatic rings. The molecule has 2 unspecified atom stereocenters. The van der Waals surface area contributed by atoms with Crippen molar-refractivity contribution in [1.29, 1.82) is 0 Å². The van der Waals surface area contributed by atoms with E-state index in [0.717, 1.165) is 29.0 Å². The molecule has 1 aliphatic heterocycles. The van der Waals surface area contributed by atoms with Gasteiger partial charge >= 0.3 is 0 Å². The average Bonchev–Trinajstić information content (AvgIpc) is 2.31. The Morgan fingerprint density at radius 2 is 2.18 bits per heavy atom. The first kappa shape index (κ1) is 12.9. The van der Waals surface area contributed by atoms with Crippen LogP contribution in [0.5, 0.6) is 5.75 Å². The van der Waals surface area contributed by atoms with Crippen molar-refractivity contribution in [2.75, 3.05) is 6.54 Å². The van der Waals surface area contributed by atoms with Crippen molar-refractivity contribution in [3.63, 3.8) is 0 Å². The second-order valence-electron chi connectivity index (χ2n) is 5.08. The molecule has 1 aromatic rings. The quantitative estimate of drug-likeness (QED) is 0.898. The lowest BCUT2D eigenvalue weighted by Crippen LogP contribution is -2.41. The predicted octanol–water partition coefficient (Wildman–Crippen LogP) is 3.78. The molecule has 2 rings (SSSR count). The number of aromatic hydroxyl groups is 1. The van der Waals surface area contributed by atoms with Crippen molar-refractivity contribution in [1.82, 2.24) is 4.90 Å². The maximum Gasteiger partial charge on any atom is 0.134 e. The Bertz CT molecular complexity index is 394. The van der Waals surface area contributed by atoms with Crippen LogP contribution in [0.25, 0.3) is 0 Å². The minimum absolute atomic E-state index is 0.387. The van der Waals surface area contributed by atoms with Crippen LogP contribution in [0.15, 0.2) is 22.7 Å². The number of phenolic OH excluding ortho intramolecular Hbond substituents is 1. The summed E-state index contributed by atoms with van der Waals surface area (Å²) < 4.78 is 0.785. The summed E-state index contributed by atoms with van der Waals surface area (Å²) in [6, 6.07) is 6.46. The minimum Gasteiger partial charge on any atom is -0.506 e. The molecule has 0 spiro atoms. The number of hydrogen-bond acceptors (Lipinski definition) is 2. The smallest absolute Gasteiger partial charge is 0.134 e. The van der Waals surface area contributed by atoms with Gasteiger partial charge in [0.15, 0.2) is 0 Å². The van der Waals surface area contributed by atoms with E-state index in [1.807, 2.05) is 18.2 Å². The maximum absolute atomic E-state index is 10.0. The number of hydrogen-bond donors (Lipinski definition) is 1. The zero-order valence-electron chi connectivity index (χ0n) is 10.5. The van der Waals surface area contributed by atoms with E-state index in [9.17, 15) is 5.11 Å². The van der Waals surface area contributed by atoms with Crippen molar-refractivity contribution in [2.45, 2.75) is 39.3 Å². The lowest BCUT2D eigenvalue weighted by molar-refractivity contribution is 0.105. The summed E-state index contributed by atoms with van der Waals surface area (Å²) in [5.74, 6) is 1.14. The average molecular weight is 298 g/mol. The molecular weight excluding hydrogens is 278 g/mol. The van der Waals surface area contributed by atoms with Gasteiger partial charge in [0.1, 0.15) is 5.75 Å². The number of likely N-dealkylation sites (tertiary alicyclic amines) is 1. The Hall–Kier alpha value is -0.540. The van der Waals surface area contributed by atoms with E-state index in [2.05, 4.69) is 34.7 Å². The summed E-state index contributed by atoms with van der Waals surface area (Å²) >= 11 is 3.37. The van der Waals surface area contributed by atoms with Crippen molar-refractivity contribution >= 4 is 15.9 Å². The summed E-state index contributed by atoms with van der Waals surface area (Å²) in [6.45, 7) is 6.59. The van der Waals surface area contributed by atoms with Crippen molar-refractivity contribution < 1.29 is 5.11 Å². The molecule has 1 heterocycles. The maximum atomic E-state index is 10.0. The summed E-state index contributed by atoms with van der Waals surface area (Å²) in [6.07, 6.45) is 2.59. The van der Waals surface area contributed by atoms with E-state index in [1.54, 1.807) is 0 Å². The van der Waals surface area contributed by atoms with Crippen molar-refractivity contribution in [2.24, 2.45) is 5.92 Å². The monoisotopic (exact) mass is 297 g/mol. The molecule has 0 aromatic heterocycles. The molecule has 0 aliphatic carbocycles. The van der Waals surface area contributed by atoms with Crippen molar-refractivity contribution in [3.8, 4) is 5.75 Å². The van der Waals surface area contributed by atoms with E-state index in [1.165, 1.54) is 12.8 Å². The highest BCUT2D eigenvalue weighted by Crippen LogP contribution is 2.31. The minimum atomic E-state index is 0.387. The van der Waals surface area contributed by atoms with E-state index in [0.29, 0.717) is 11.8 Å². The largest absolute Gasteiger partial charge is 0.506 e. The fourth-order valence-electron chi connectivity index (χ4n) is 2.55. The standard InChI is InChI=1S/C14H20BrNO/c1-10-5-4-8-16(11(10)2)9-12-6-3-7-13(15)14(12)17/h3,6-7,10-11,17H,4-5,8-9H2,1-2H3. The Balaban J connectivity index is 2.12. The molecule has 0 amide bonds. The Kier molecular flexibility index (Phi) is 4.10. The van der Waals surface area contributed by atoms with Crippen LogP contribution >= 0.6 is 15.9 Å². The zero-order chi connectivity index (χ0) is 12.4. The molecule has 17 heavy (non-hydrogen) atoms. The highest BCUT2D eigenvalue weighted by molar-refractivity contribution is 9.10. The first-order valence-electron chi connectivity index (χ1n) is 6.30. The van der Waals surface area contributed by atoms with E-state index >= 15 is 0 Å². The van der Waals surface area contributed by atoms with Gasteiger partial charge < -0.3 is 5.11 Å². The SMILES string of the molecule is CC1CCCN(Cc2cccc(Br)c2O)C1C. The topological polar surface area (TPSA) is 23.5 Å². The number of halogens is 1. The van der Waals surface area contributed by atoms with Gasteiger partial charge in [0, 0.05) is 18.2 Å². The third-order valence-corrected chi connectivity index (χ3v) is 4.59. The third kappa shape index (κ3) is 2.83. The van der Waals surface area contributed by atoms with Crippen LogP contribution in [-0.4, -0.2) is 22.6 Å². The number of phenols is 1. The van der Waals surface area contributed by atoms with Gasteiger partial charge in [-0.3, -0.25) is 4.90 Å². The number of nitrogens with zero attached hydrogens (tertiary/aromatic N) is 1. The molecule has 1 fully saturated rings. The summed E-state index contributed by atoms with van der Waals surface area (Å²) in [7, 11) is 0. The predicted molar refractivity (Wildman–Crippen MR) is 74.1 cm³/mol. The molecule has 94 valence electrons.